The number of halogens is 1. The van der Waals surface area contributed by atoms with Crippen LogP contribution in [0.25, 0.3) is 0 Å². The Morgan fingerprint density at radius 3 is 2.62 bits per heavy atom. The van der Waals surface area contributed by atoms with Crippen LogP contribution in [-0.4, -0.2) is 34.4 Å². The maximum atomic E-state index is 11.5. The molecule has 88 valence electrons. The van der Waals surface area contributed by atoms with Crippen molar-refractivity contribution in [2.75, 3.05) is 13.2 Å². The van der Waals surface area contributed by atoms with Crippen LogP contribution in [0.1, 0.15) is 16.8 Å². The van der Waals surface area contributed by atoms with Gasteiger partial charge in [-0.15, -0.1) is 0 Å². The summed E-state index contributed by atoms with van der Waals surface area (Å²) in [6, 6.07) is 2.38. The lowest BCUT2D eigenvalue weighted by Crippen LogP contribution is -2.24. The van der Waals surface area contributed by atoms with E-state index in [2.05, 4.69) is 5.32 Å². The number of carbonyl (C=O) groups excluding carboxylic acids is 1. The van der Waals surface area contributed by atoms with Crippen LogP contribution in [0.2, 0.25) is 5.02 Å². The van der Waals surface area contributed by atoms with Crippen LogP contribution in [0.3, 0.4) is 0 Å². The molecule has 1 aromatic rings. The van der Waals surface area contributed by atoms with Crippen molar-refractivity contribution in [2.24, 2.45) is 0 Å². The SMILES string of the molecule is O=C(NCCCO)c1cc(O)c(O)c(Cl)c1. The van der Waals surface area contributed by atoms with Gasteiger partial charge in [0.05, 0.1) is 5.02 Å². The Balaban J connectivity index is 2.76. The summed E-state index contributed by atoms with van der Waals surface area (Å²) in [4.78, 5) is 11.5. The fourth-order valence-corrected chi connectivity index (χ4v) is 1.31. The fourth-order valence-electron chi connectivity index (χ4n) is 1.10. The van der Waals surface area contributed by atoms with Crippen molar-refractivity contribution in [3.8, 4) is 11.5 Å². The van der Waals surface area contributed by atoms with Crippen molar-refractivity contribution in [3.05, 3.63) is 22.7 Å². The van der Waals surface area contributed by atoms with Gasteiger partial charge in [0.1, 0.15) is 0 Å². The molecule has 1 amide bonds. The number of aromatic hydroxyl groups is 2. The minimum Gasteiger partial charge on any atom is -0.504 e. The molecule has 0 spiro atoms. The zero-order valence-corrected chi connectivity index (χ0v) is 9.16. The molecule has 0 unspecified atom stereocenters. The standard InChI is InChI=1S/C10H12ClNO4/c11-7-4-6(5-8(14)9(7)15)10(16)12-2-1-3-13/h4-5,13-15H,1-3H2,(H,12,16). The second-order valence-corrected chi connectivity index (χ2v) is 3.57. The summed E-state index contributed by atoms with van der Waals surface area (Å²) in [5.41, 5.74) is 0.151. The number of carbonyl (C=O) groups is 1. The Labute approximate surface area is 97.3 Å². The van der Waals surface area contributed by atoms with E-state index in [0.29, 0.717) is 13.0 Å². The molecule has 1 aromatic carbocycles. The van der Waals surface area contributed by atoms with Gasteiger partial charge in [0.15, 0.2) is 11.5 Å². The molecule has 0 fully saturated rings. The Hall–Kier alpha value is -1.46. The van der Waals surface area contributed by atoms with Crippen LogP contribution in [0.5, 0.6) is 11.5 Å². The molecule has 0 aromatic heterocycles. The maximum Gasteiger partial charge on any atom is 0.251 e. The molecule has 16 heavy (non-hydrogen) atoms. The highest BCUT2D eigenvalue weighted by Gasteiger charge is 2.12. The highest BCUT2D eigenvalue weighted by molar-refractivity contribution is 6.32. The summed E-state index contributed by atoms with van der Waals surface area (Å²) in [6.07, 6.45) is 0.448. The summed E-state index contributed by atoms with van der Waals surface area (Å²) in [6.45, 7) is 0.316. The normalized spacial score (nSPS) is 10.1. The van der Waals surface area contributed by atoms with Gasteiger partial charge in [0.25, 0.3) is 5.91 Å². The minimum atomic E-state index is -0.450. The first-order valence-electron chi connectivity index (χ1n) is 4.66. The Morgan fingerprint density at radius 1 is 1.38 bits per heavy atom. The van der Waals surface area contributed by atoms with Gasteiger partial charge >= 0.3 is 0 Å². The van der Waals surface area contributed by atoms with Crippen LogP contribution in [0, 0.1) is 0 Å². The van der Waals surface area contributed by atoms with E-state index in [4.69, 9.17) is 16.7 Å². The first-order chi connectivity index (χ1) is 7.56. The first kappa shape index (κ1) is 12.6. The largest absolute Gasteiger partial charge is 0.504 e. The van der Waals surface area contributed by atoms with Crippen molar-refractivity contribution in [1.82, 2.24) is 5.32 Å². The number of hydrogen-bond acceptors (Lipinski definition) is 4. The van der Waals surface area contributed by atoms with Gasteiger partial charge in [-0.05, 0) is 18.6 Å². The maximum absolute atomic E-state index is 11.5. The zero-order valence-electron chi connectivity index (χ0n) is 8.40. The topological polar surface area (TPSA) is 89.8 Å². The number of rotatable bonds is 4. The Bertz CT molecular complexity index is 371. The van der Waals surface area contributed by atoms with Crippen molar-refractivity contribution < 1.29 is 20.1 Å². The van der Waals surface area contributed by atoms with Gasteiger partial charge in [0.2, 0.25) is 0 Å². The Kier molecular flexibility index (Phi) is 4.39. The summed E-state index contributed by atoms with van der Waals surface area (Å²) in [7, 11) is 0. The summed E-state index contributed by atoms with van der Waals surface area (Å²) in [5.74, 6) is -1.32. The molecule has 0 bridgehead atoms. The summed E-state index contributed by atoms with van der Waals surface area (Å²) < 4.78 is 0. The van der Waals surface area contributed by atoms with Crippen LogP contribution in [-0.2, 0) is 0 Å². The molecule has 0 atom stereocenters. The van der Waals surface area contributed by atoms with Gasteiger partial charge in [-0.1, -0.05) is 11.6 Å². The minimum absolute atomic E-state index is 0.0120. The number of aliphatic hydroxyl groups excluding tert-OH is 1. The summed E-state index contributed by atoms with van der Waals surface area (Å²) in [5, 5.41) is 29.4. The quantitative estimate of drug-likeness (QED) is 0.468. The first-order valence-corrected chi connectivity index (χ1v) is 5.04. The highest BCUT2D eigenvalue weighted by atomic mass is 35.5. The molecular formula is C10H12ClNO4. The number of hydrogen-bond donors (Lipinski definition) is 4. The van der Waals surface area contributed by atoms with Gasteiger partial charge in [-0.2, -0.15) is 0 Å². The molecule has 5 nitrogen and oxygen atoms in total. The predicted molar refractivity (Wildman–Crippen MR) is 58.8 cm³/mol. The Morgan fingerprint density at radius 2 is 2.06 bits per heavy atom. The fraction of sp³-hybridized carbons (Fsp3) is 0.300. The van der Waals surface area contributed by atoms with Gasteiger partial charge in [0, 0.05) is 18.7 Å². The van der Waals surface area contributed by atoms with E-state index in [0.717, 1.165) is 6.07 Å². The third-order valence-corrected chi connectivity index (χ3v) is 2.21. The molecule has 0 saturated heterocycles. The number of phenolic OH excluding ortho intramolecular Hbond substituents is 2. The molecule has 1 rings (SSSR count). The second-order valence-electron chi connectivity index (χ2n) is 3.16. The molecule has 0 aliphatic rings. The van der Waals surface area contributed by atoms with Crippen molar-refractivity contribution in [1.29, 1.82) is 0 Å². The van der Waals surface area contributed by atoms with Crippen LogP contribution >= 0.6 is 11.6 Å². The van der Waals surface area contributed by atoms with Gasteiger partial charge < -0.3 is 20.6 Å². The van der Waals surface area contributed by atoms with Crippen molar-refractivity contribution >= 4 is 17.5 Å². The number of phenols is 2. The lowest BCUT2D eigenvalue weighted by molar-refractivity contribution is 0.0950. The number of aliphatic hydroxyl groups is 1. The van der Waals surface area contributed by atoms with Gasteiger partial charge in [-0.25, -0.2) is 0 Å². The van der Waals surface area contributed by atoms with E-state index in [9.17, 15) is 15.0 Å². The number of nitrogens with one attached hydrogen (secondary N) is 1. The van der Waals surface area contributed by atoms with E-state index in [1.807, 2.05) is 0 Å². The van der Waals surface area contributed by atoms with Crippen molar-refractivity contribution in [2.45, 2.75) is 6.42 Å². The molecule has 0 radical (unpaired) electrons. The molecular weight excluding hydrogens is 234 g/mol. The second kappa shape index (κ2) is 5.58. The highest BCUT2D eigenvalue weighted by Crippen LogP contribution is 2.33. The monoisotopic (exact) mass is 245 g/mol. The van der Waals surface area contributed by atoms with Crippen LogP contribution in [0.4, 0.5) is 0 Å². The van der Waals surface area contributed by atoms with E-state index in [1.54, 1.807) is 0 Å². The third-order valence-electron chi connectivity index (χ3n) is 1.93. The van der Waals surface area contributed by atoms with E-state index in [1.165, 1.54) is 6.07 Å². The molecule has 4 N–H and O–H groups in total. The van der Waals surface area contributed by atoms with Crippen LogP contribution < -0.4 is 5.32 Å². The molecule has 0 aliphatic heterocycles. The average Bonchev–Trinajstić information content (AvgIpc) is 2.25. The molecule has 0 saturated carbocycles. The van der Waals surface area contributed by atoms with E-state index >= 15 is 0 Å². The predicted octanol–water partition coefficient (Wildman–Crippen LogP) is 0.863. The molecule has 0 heterocycles. The lowest BCUT2D eigenvalue weighted by atomic mass is 10.2. The number of benzene rings is 1. The summed E-state index contributed by atoms with van der Waals surface area (Å²) >= 11 is 5.59. The van der Waals surface area contributed by atoms with Crippen LogP contribution in [0.15, 0.2) is 12.1 Å². The lowest BCUT2D eigenvalue weighted by Gasteiger charge is -2.06. The molecule has 6 heteroatoms. The average molecular weight is 246 g/mol. The molecule has 0 aliphatic carbocycles. The van der Waals surface area contributed by atoms with E-state index < -0.39 is 17.4 Å². The van der Waals surface area contributed by atoms with Crippen molar-refractivity contribution in [3.63, 3.8) is 0 Å². The smallest absolute Gasteiger partial charge is 0.251 e. The van der Waals surface area contributed by atoms with E-state index in [-0.39, 0.29) is 17.2 Å². The number of amides is 1. The third kappa shape index (κ3) is 3.01. The zero-order chi connectivity index (χ0) is 12.1. The van der Waals surface area contributed by atoms with Gasteiger partial charge in [-0.3, -0.25) is 4.79 Å².